The second-order valence-corrected chi connectivity index (χ2v) is 5.30. The van der Waals surface area contributed by atoms with E-state index in [9.17, 15) is 15.0 Å². The molecule has 0 spiro atoms. The Kier molecular flexibility index (Phi) is 4.55. The molecule has 18 heavy (non-hydrogen) atoms. The molecule has 0 aromatic heterocycles. The van der Waals surface area contributed by atoms with Crippen LogP contribution in [0.4, 0.5) is 0 Å². The van der Waals surface area contributed by atoms with Gasteiger partial charge in [-0.3, -0.25) is 9.69 Å². The molecule has 1 aliphatic carbocycles. The summed E-state index contributed by atoms with van der Waals surface area (Å²) in [7, 11) is 0. The highest BCUT2D eigenvalue weighted by atomic mass is 16.3. The summed E-state index contributed by atoms with van der Waals surface area (Å²) in [6, 6.07) is -0.0411. The Bertz CT molecular complexity index is 294. The van der Waals surface area contributed by atoms with Crippen molar-refractivity contribution in [2.24, 2.45) is 11.7 Å². The van der Waals surface area contributed by atoms with E-state index in [2.05, 4.69) is 10.2 Å². The maximum atomic E-state index is 11.2. The first kappa shape index (κ1) is 13.7. The fraction of sp³-hybridized carbons (Fsp3) is 0.917. The molecule has 0 aromatic rings. The van der Waals surface area contributed by atoms with Crippen LogP contribution in [0.2, 0.25) is 0 Å². The van der Waals surface area contributed by atoms with Crippen molar-refractivity contribution in [2.75, 3.05) is 26.2 Å². The van der Waals surface area contributed by atoms with Crippen LogP contribution in [-0.2, 0) is 4.79 Å². The molecule has 5 N–H and O–H groups in total. The minimum Gasteiger partial charge on any atom is -0.390 e. The van der Waals surface area contributed by atoms with Gasteiger partial charge in [0.15, 0.2) is 0 Å². The van der Waals surface area contributed by atoms with Crippen LogP contribution in [0.15, 0.2) is 0 Å². The Morgan fingerprint density at radius 2 is 2.00 bits per heavy atom. The van der Waals surface area contributed by atoms with Crippen molar-refractivity contribution < 1.29 is 15.0 Å². The van der Waals surface area contributed by atoms with Gasteiger partial charge in [-0.15, -0.1) is 0 Å². The van der Waals surface area contributed by atoms with Gasteiger partial charge in [0.05, 0.1) is 18.8 Å². The van der Waals surface area contributed by atoms with E-state index in [1.807, 2.05) is 0 Å². The van der Waals surface area contributed by atoms with Crippen molar-refractivity contribution in [3.63, 3.8) is 0 Å². The van der Waals surface area contributed by atoms with E-state index in [0.29, 0.717) is 13.0 Å². The molecule has 1 saturated carbocycles. The molecule has 0 unspecified atom stereocenters. The zero-order valence-electron chi connectivity index (χ0n) is 10.6. The molecule has 4 atom stereocenters. The summed E-state index contributed by atoms with van der Waals surface area (Å²) in [6.07, 6.45) is 1.42. The molecule has 1 saturated heterocycles. The number of hydrogen-bond donors (Lipinski definition) is 4. The molecule has 2 aliphatic rings. The molecule has 104 valence electrons. The van der Waals surface area contributed by atoms with Crippen molar-refractivity contribution in [1.82, 2.24) is 10.2 Å². The van der Waals surface area contributed by atoms with Crippen LogP contribution in [0.1, 0.15) is 19.3 Å². The highest BCUT2D eigenvalue weighted by molar-refractivity contribution is 5.77. The van der Waals surface area contributed by atoms with E-state index in [0.717, 1.165) is 25.9 Å². The summed E-state index contributed by atoms with van der Waals surface area (Å²) in [5.74, 6) is -0.0883. The highest BCUT2D eigenvalue weighted by Gasteiger charge is 2.45. The number of nitrogens with two attached hydrogens (primary N) is 1. The zero-order valence-corrected chi connectivity index (χ0v) is 10.6. The number of hydrogen-bond acceptors (Lipinski definition) is 5. The fourth-order valence-corrected chi connectivity index (χ4v) is 3.17. The van der Waals surface area contributed by atoms with Crippen LogP contribution >= 0.6 is 0 Å². The van der Waals surface area contributed by atoms with Gasteiger partial charge in [0, 0.05) is 12.6 Å². The van der Waals surface area contributed by atoms with Gasteiger partial charge in [-0.05, 0) is 38.3 Å². The Balaban J connectivity index is 1.95. The topological polar surface area (TPSA) is 98.8 Å². The summed E-state index contributed by atoms with van der Waals surface area (Å²) in [4.78, 5) is 13.4. The molecule has 1 amide bonds. The molecule has 2 rings (SSSR count). The number of aliphatic hydroxyl groups is 2. The fourth-order valence-electron chi connectivity index (χ4n) is 3.17. The standard InChI is InChI=1S/C12H23N3O3/c13-6-10(17)14-7-8-5-9(16)12(18)11(8)15-3-1-2-4-15/h8-9,11-12,16,18H,1-7,13H2,(H,14,17)/t8-,9-,11-,12-/m0/s1. The van der Waals surface area contributed by atoms with Crippen molar-refractivity contribution in [2.45, 2.75) is 37.5 Å². The molecule has 1 aliphatic heterocycles. The number of likely N-dealkylation sites (tertiary alicyclic amines) is 1. The zero-order chi connectivity index (χ0) is 13.1. The van der Waals surface area contributed by atoms with Crippen LogP contribution in [-0.4, -0.2) is 65.4 Å². The molecule has 0 bridgehead atoms. The number of carbonyl (C=O) groups is 1. The third kappa shape index (κ3) is 2.83. The highest BCUT2D eigenvalue weighted by Crippen LogP contribution is 2.32. The Morgan fingerprint density at radius 1 is 1.33 bits per heavy atom. The van der Waals surface area contributed by atoms with E-state index in [4.69, 9.17) is 5.73 Å². The van der Waals surface area contributed by atoms with Crippen molar-refractivity contribution in [1.29, 1.82) is 0 Å². The summed E-state index contributed by atoms with van der Waals surface area (Å²) in [5, 5.41) is 22.6. The minimum absolute atomic E-state index is 0.0216. The predicted molar refractivity (Wildman–Crippen MR) is 66.8 cm³/mol. The number of nitrogens with one attached hydrogen (secondary N) is 1. The third-order valence-electron chi connectivity index (χ3n) is 4.08. The maximum Gasteiger partial charge on any atom is 0.233 e. The minimum atomic E-state index is -0.706. The van der Waals surface area contributed by atoms with Gasteiger partial charge in [0.2, 0.25) is 5.91 Å². The summed E-state index contributed by atoms with van der Waals surface area (Å²) in [5.41, 5.74) is 5.25. The Hall–Kier alpha value is -0.690. The van der Waals surface area contributed by atoms with Crippen LogP contribution in [0, 0.1) is 5.92 Å². The van der Waals surface area contributed by atoms with Gasteiger partial charge >= 0.3 is 0 Å². The Labute approximate surface area is 107 Å². The molecule has 0 radical (unpaired) electrons. The molecule has 6 heteroatoms. The second-order valence-electron chi connectivity index (χ2n) is 5.30. The largest absolute Gasteiger partial charge is 0.390 e. The quantitative estimate of drug-likeness (QED) is 0.479. The number of nitrogens with zero attached hydrogens (tertiary/aromatic N) is 1. The van der Waals surface area contributed by atoms with Crippen molar-refractivity contribution in [3.05, 3.63) is 0 Å². The number of carbonyl (C=O) groups excluding carboxylic acids is 1. The lowest BCUT2D eigenvalue weighted by Crippen LogP contribution is -2.47. The molecule has 2 fully saturated rings. The lowest BCUT2D eigenvalue weighted by atomic mass is 10.0. The van der Waals surface area contributed by atoms with Crippen LogP contribution < -0.4 is 11.1 Å². The second kappa shape index (κ2) is 5.97. The van der Waals surface area contributed by atoms with Gasteiger partial charge in [0.1, 0.15) is 0 Å². The van der Waals surface area contributed by atoms with E-state index in [-0.39, 0.29) is 24.4 Å². The molecular formula is C12H23N3O3. The van der Waals surface area contributed by atoms with Gasteiger partial charge in [-0.1, -0.05) is 0 Å². The smallest absolute Gasteiger partial charge is 0.233 e. The summed E-state index contributed by atoms with van der Waals surface area (Å²) < 4.78 is 0. The SMILES string of the molecule is NCC(=O)NC[C@@H]1C[C@H](O)[C@H](O)[C@H]1N1CCCC1. The van der Waals surface area contributed by atoms with Crippen LogP contribution in [0.3, 0.4) is 0 Å². The molecule has 1 heterocycles. The molecular weight excluding hydrogens is 234 g/mol. The first-order chi connectivity index (χ1) is 8.63. The first-order valence-electron chi connectivity index (χ1n) is 6.70. The van der Waals surface area contributed by atoms with Crippen molar-refractivity contribution in [3.8, 4) is 0 Å². The predicted octanol–water partition coefficient (Wildman–Crippen LogP) is -1.73. The first-order valence-corrected chi connectivity index (χ1v) is 6.70. The summed E-state index contributed by atoms with van der Waals surface area (Å²) in [6.45, 7) is 2.39. The van der Waals surface area contributed by atoms with Gasteiger partial charge in [-0.2, -0.15) is 0 Å². The lowest BCUT2D eigenvalue weighted by Gasteiger charge is -2.31. The number of rotatable bonds is 4. The van der Waals surface area contributed by atoms with E-state index in [1.54, 1.807) is 0 Å². The number of amides is 1. The average Bonchev–Trinajstić information content (AvgIpc) is 2.96. The molecule has 0 aromatic carbocycles. The normalized spacial score (nSPS) is 37.1. The van der Waals surface area contributed by atoms with Crippen molar-refractivity contribution >= 4 is 5.91 Å². The lowest BCUT2D eigenvalue weighted by molar-refractivity contribution is -0.120. The van der Waals surface area contributed by atoms with Gasteiger partial charge < -0.3 is 21.3 Å². The maximum absolute atomic E-state index is 11.2. The Morgan fingerprint density at radius 3 is 2.61 bits per heavy atom. The van der Waals surface area contributed by atoms with E-state index in [1.165, 1.54) is 0 Å². The van der Waals surface area contributed by atoms with Gasteiger partial charge in [0.25, 0.3) is 0 Å². The van der Waals surface area contributed by atoms with Crippen LogP contribution in [0.25, 0.3) is 0 Å². The monoisotopic (exact) mass is 257 g/mol. The molecule has 6 nitrogen and oxygen atoms in total. The van der Waals surface area contributed by atoms with Crippen LogP contribution in [0.5, 0.6) is 0 Å². The van der Waals surface area contributed by atoms with Gasteiger partial charge in [-0.25, -0.2) is 0 Å². The van der Waals surface area contributed by atoms with E-state index < -0.39 is 12.2 Å². The average molecular weight is 257 g/mol. The summed E-state index contributed by atoms with van der Waals surface area (Å²) >= 11 is 0. The van der Waals surface area contributed by atoms with E-state index >= 15 is 0 Å². The number of aliphatic hydroxyl groups excluding tert-OH is 2. The third-order valence-corrected chi connectivity index (χ3v) is 4.08.